The van der Waals surface area contributed by atoms with Crippen LogP contribution < -0.4 is 11.1 Å². The third-order valence-electron chi connectivity index (χ3n) is 3.72. The van der Waals surface area contributed by atoms with E-state index in [0.29, 0.717) is 18.2 Å². The number of nitrogens with two attached hydrogens (primary N) is 1. The maximum absolute atomic E-state index is 13.8. The van der Waals surface area contributed by atoms with Crippen LogP contribution in [0.25, 0.3) is 0 Å². The maximum Gasteiger partial charge on any atom is 0.272 e. The Morgan fingerprint density at radius 1 is 1.42 bits per heavy atom. The highest BCUT2D eigenvalue weighted by Crippen LogP contribution is 2.28. The van der Waals surface area contributed by atoms with Gasteiger partial charge in [-0.05, 0) is 31.4 Å². The van der Waals surface area contributed by atoms with Crippen LogP contribution in [0.3, 0.4) is 0 Å². The van der Waals surface area contributed by atoms with Crippen LogP contribution >= 0.6 is 0 Å². The van der Waals surface area contributed by atoms with E-state index in [1.807, 2.05) is 0 Å². The Morgan fingerprint density at radius 2 is 2.16 bits per heavy atom. The molecule has 2 unspecified atom stereocenters. The number of benzene rings is 1. The highest BCUT2D eigenvalue weighted by Gasteiger charge is 2.24. The lowest BCUT2D eigenvalue weighted by Gasteiger charge is -2.32. The molecule has 19 heavy (non-hydrogen) atoms. The summed E-state index contributed by atoms with van der Waals surface area (Å²) in [5, 5.41) is 13.7. The molecule has 5 nitrogen and oxygen atoms in total. The highest BCUT2D eigenvalue weighted by atomic mass is 19.1. The summed E-state index contributed by atoms with van der Waals surface area (Å²) in [7, 11) is 0. The van der Waals surface area contributed by atoms with Crippen LogP contribution in [0.1, 0.15) is 25.7 Å². The number of hydrogen-bond acceptors (Lipinski definition) is 4. The second-order valence-electron chi connectivity index (χ2n) is 4.95. The van der Waals surface area contributed by atoms with Crippen LogP contribution in [0.4, 0.5) is 15.8 Å². The topological polar surface area (TPSA) is 81.2 Å². The van der Waals surface area contributed by atoms with Crippen LogP contribution in [-0.2, 0) is 0 Å². The minimum absolute atomic E-state index is 0.148. The number of rotatable bonds is 4. The molecule has 1 aliphatic rings. The van der Waals surface area contributed by atoms with Gasteiger partial charge in [-0.1, -0.05) is 12.8 Å². The van der Waals surface area contributed by atoms with Gasteiger partial charge in [0, 0.05) is 12.1 Å². The van der Waals surface area contributed by atoms with Gasteiger partial charge < -0.3 is 11.1 Å². The van der Waals surface area contributed by atoms with Crippen molar-refractivity contribution in [3.63, 3.8) is 0 Å². The first kappa shape index (κ1) is 13.7. The Balaban J connectivity index is 2.11. The highest BCUT2D eigenvalue weighted by molar-refractivity contribution is 5.50. The molecular weight excluding hydrogens is 249 g/mol. The molecule has 1 aliphatic carbocycles. The lowest BCUT2D eigenvalue weighted by molar-refractivity contribution is -0.385. The Hall–Kier alpha value is -1.69. The van der Waals surface area contributed by atoms with Crippen molar-refractivity contribution < 1.29 is 9.31 Å². The van der Waals surface area contributed by atoms with Crippen molar-refractivity contribution in [1.29, 1.82) is 0 Å². The maximum atomic E-state index is 13.8. The Bertz CT molecular complexity index is 467. The minimum atomic E-state index is -0.601. The van der Waals surface area contributed by atoms with Gasteiger partial charge in [0.1, 0.15) is 0 Å². The summed E-state index contributed by atoms with van der Waals surface area (Å²) in [4.78, 5) is 9.95. The van der Waals surface area contributed by atoms with E-state index in [1.54, 1.807) is 0 Å². The molecule has 0 saturated heterocycles. The third kappa shape index (κ3) is 3.20. The number of nitro benzene ring substituents is 1. The molecule has 104 valence electrons. The smallest absolute Gasteiger partial charge is 0.272 e. The van der Waals surface area contributed by atoms with Crippen LogP contribution in [0, 0.1) is 21.8 Å². The first-order valence-corrected chi connectivity index (χ1v) is 6.52. The molecule has 1 saturated carbocycles. The summed E-state index contributed by atoms with van der Waals surface area (Å²) in [6, 6.07) is 3.83. The van der Waals surface area contributed by atoms with E-state index in [2.05, 4.69) is 5.32 Å². The van der Waals surface area contributed by atoms with Crippen molar-refractivity contribution in [3.05, 3.63) is 34.1 Å². The lowest BCUT2D eigenvalue weighted by atomic mass is 9.84. The van der Waals surface area contributed by atoms with Crippen LogP contribution in [0.5, 0.6) is 0 Å². The summed E-state index contributed by atoms with van der Waals surface area (Å²) in [6.07, 6.45) is 4.26. The fourth-order valence-electron chi connectivity index (χ4n) is 2.61. The van der Waals surface area contributed by atoms with E-state index in [9.17, 15) is 14.5 Å². The van der Waals surface area contributed by atoms with E-state index < -0.39 is 10.7 Å². The molecule has 6 heteroatoms. The first-order valence-electron chi connectivity index (χ1n) is 6.52. The van der Waals surface area contributed by atoms with Crippen molar-refractivity contribution in [1.82, 2.24) is 0 Å². The number of nitrogens with one attached hydrogen (secondary N) is 1. The van der Waals surface area contributed by atoms with Gasteiger partial charge >= 0.3 is 0 Å². The summed E-state index contributed by atoms with van der Waals surface area (Å²) in [6.45, 7) is 0.576. The Labute approximate surface area is 111 Å². The van der Waals surface area contributed by atoms with Crippen LogP contribution in [0.15, 0.2) is 18.2 Å². The van der Waals surface area contributed by atoms with E-state index in [1.165, 1.54) is 12.1 Å². The van der Waals surface area contributed by atoms with Crippen molar-refractivity contribution in [2.75, 3.05) is 11.9 Å². The second kappa shape index (κ2) is 5.97. The van der Waals surface area contributed by atoms with Gasteiger partial charge in [-0.25, -0.2) is 4.39 Å². The summed E-state index contributed by atoms with van der Waals surface area (Å²) < 4.78 is 13.8. The second-order valence-corrected chi connectivity index (χ2v) is 4.95. The van der Waals surface area contributed by atoms with Crippen LogP contribution in [-0.4, -0.2) is 17.5 Å². The van der Waals surface area contributed by atoms with Gasteiger partial charge in [-0.2, -0.15) is 0 Å². The van der Waals surface area contributed by atoms with Crippen molar-refractivity contribution in [2.24, 2.45) is 11.7 Å². The predicted molar refractivity (Wildman–Crippen MR) is 71.5 cm³/mol. The third-order valence-corrected chi connectivity index (χ3v) is 3.72. The number of nitro groups is 1. The monoisotopic (exact) mass is 267 g/mol. The minimum Gasteiger partial charge on any atom is -0.380 e. The molecule has 0 bridgehead atoms. The van der Waals surface area contributed by atoms with Gasteiger partial charge in [0.2, 0.25) is 0 Å². The lowest BCUT2D eigenvalue weighted by Crippen LogP contribution is -2.36. The molecule has 2 atom stereocenters. The van der Waals surface area contributed by atoms with E-state index in [-0.39, 0.29) is 11.7 Å². The molecule has 0 aromatic heterocycles. The fraction of sp³-hybridized carbons (Fsp3) is 0.538. The molecule has 0 heterocycles. The van der Waals surface area contributed by atoms with Crippen molar-refractivity contribution in [3.8, 4) is 0 Å². The molecule has 1 fully saturated rings. The summed E-state index contributed by atoms with van der Waals surface area (Å²) in [5.41, 5.74) is 5.81. The first-order chi connectivity index (χ1) is 9.11. The number of halogens is 1. The summed E-state index contributed by atoms with van der Waals surface area (Å²) in [5.74, 6) is -0.251. The average molecular weight is 267 g/mol. The number of non-ortho nitro benzene ring substituents is 1. The number of anilines is 1. The Kier molecular flexibility index (Phi) is 4.31. The molecule has 0 amide bonds. The number of hydrogen-bond donors (Lipinski definition) is 2. The quantitative estimate of drug-likeness (QED) is 0.649. The zero-order valence-electron chi connectivity index (χ0n) is 10.6. The predicted octanol–water partition coefficient (Wildman–Crippen LogP) is 2.66. The zero-order chi connectivity index (χ0) is 13.8. The van der Waals surface area contributed by atoms with Crippen molar-refractivity contribution in [2.45, 2.75) is 31.7 Å². The normalized spacial score (nSPS) is 23.1. The van der Waals surface area contributed by atoms with Gasteiger partial charge in [-0.3, -0.25) is 10.1 Å². The Morgan fingerprint density at radius 3 is 2.79 bits per heavy atom. The molecular formula is C13H18FN3O2. The summed E-state index contributed by atoms with van der Waals surface area (Å²) >= 11 is 0. The molecule has 1 aromatic carbocycles. The van der Waals surface area contributed by atoms with Gasteiger partial charge in [0.05, 0.1) is 16.7 Å². The SMILES string of the molecule is NCC1CCCCC1Nc1ccc([N+](=O)[O-])cc1F. The molecule has 3 N–H and O–H groups in total. The van der Waals surface area contributed by atoms with E-state index >= 15 is 0 Å². The standard InChI is InChI=1S/C13H18FN3O2/c14-11-7-10(17(18)19)5-6-13(11)16-12-4-2-1-3-9(12)8-15/h5-7,9,12,16H,1-4,8,15H2. The molecule has 0 aliphatic heterocycles. The van der Waals surface area contributed by atoms with Gasteiger partial charge in [-0.15, -0.1) is 0 Å². The zero-order valence-corrected chi connectivity index (χ0v) is 10.6. The molecule has 2 rings (SSSR count). The number of nitrogens with zero attached hydrogens (tertiary/aromatic N) is 1. The van der Waals surface area contributed by atoms with Gasteiger partial charge in [0.25, 0.3) is 5.69 Å². The largest absolute Gasteiger partial charge is 0.380 e. The molecule has 0 spiro atoms. The van der Waals surface area contributed by atoms with Crippen LogP contribution in [0.2, 0.25) is 0 Å². The van der Waals surface area contributed by atoms with Crippen molar-refractivity contribution >= 4 is 11.4 Å². The van der Waals surface area contributed by atoms with E-state index in [0.717, 1.165) is 31.7 Å². The molecule has 1 aromatic rings. The van der Waals surface area contributed by atoms with Gasteiger partial charge in [0.15, 0.2) is 5.82 Å². The fourth-order valence-corrected chi connectivity index (χ4v) is 2.61. The van der Waals surface area contributed by atoms with E-state index in [4.69, 9.17) is 5.73 Å². The molecule has 0 radical (unpaired) electrons. The average Bonchev–Trinajstić information content (AvgIpc) is 2.41.